The van der Waals surface area contributed by atoms with Gasteiger partial charge in [-0.15, -0.1) is 0 Å². The molecule has 8 heavy (non-hydrogen) atoms. The Balaban J connectivity index is 3.37. The Kier molecular flexibility index (Phi) is 3.11. The van der Waals surface area contributed by atoms with E-state index in [4.69, 9.17) is 0 Å². The standard InChI is InChI=1S/C8H17/c1-5-7-8(3,4)6-2/h3,5-7H2,1-2,4H3. The van der Waals surface area contributed by atoms with Gasteiger partial charge in [0, 0.05) is 0 Å². The van der Waals surface area contributed by atoms with Crippen LogP contribution in [0.2, 0.25) is 0 Å². The van der Waals surface area contributed by atoms with Gasteiger partial charge in [0.25, 0.3) is 0 Å². The van der Waals surface area contributed by atoms with Crippen molar-refractivity contribution in [2.45, 2.75) is 40.0 Å². The van der Waals surface area contributed by atoms with E-state index in [9.17, 15) is 0 Å². The Hall–Kier alpha value is 0. The van der Waals surface area contributed by atoms with Crippen molar-refractivity contribution >= 4 is 0 Å². The predicted molar refractivity (Wildman–Crippen MR) is 38.7 cm³/mol. The first-order chi connectivity index (χ1) is 3.62. The second-order valence-electron chi connectivity index (χ2n) is 2.91. The third-order valence-electron chi connectivity index (χ3n) is 1.71. The summed E-state index contributed by atoms with van der Waals surface area (Å²) >= 11 is 0. The van der Waals surface area contributed by atoms with E-state index in [-0.39, 0.29) is 0 Å². The summed E-state index contributed by atoms with van der Waals surface area (Å²) in [6.07, 6.45) is 3.71. The van der Waals surface area contributed by atoms with E-state index in [0.29, 0.717) is 5.41 Å². The number of hydrogen-bond donors (Lipinski definition) is 0. The maximum Gasteiger partial charge on any atom is -0.0328 e. The molecule has 0 saturated carbocycles. The van der Waals surface area contributed by atoms with Gasteiger partial charge in [-0.25, -0.2) is 0 Å². The molecule has 0 spiro atoms. The smallest absolute Gasteiger partial charge is 0.0328 e. The van der Waals surface area contributed by atoms with E-state index >= 15 is 0 Å². The van der Waals surface area contributed by atoms with E-state index in [1.165, 1.54) is 19.3 Å². The zero-order valence-electron chi connectivity index (χ0n) is 6.33. The first-order valence-corrected chi connectivity index (χ1v) is 3.47. The monoisotopic (exact) mass is 113 g/mol. The Morgan fingerprint density at radius 3 is 2.00 bits per heavy atom. The SMILES string of the molecule is [CH2]C(C)(CC)CCC. The van der Waals surface area contributed by atoms with Crippen LogP contribution < -0.4 is 0 Å². The van der Waals surface area contributed by atoms with Crippen molar-refractivity contribution in [3.8, 4) is 0 Å². The molecule has 0 fully saturated rings. The normalized spacial score (nSPS) is 12.0. The minimum atomic E-state index is 0.342. The molecule has 1 unspecified atom stereocenters. The van der Waals surface area contributed by atoms with Crippen LogP contribution in [-0.4, -0.2) is 0 Å². The second-order valence-corrected chi connectivity index (χ2v) is 2.91. The molecule has 1 radical (unpaired) electrons. The number of hydrogen-bond acceptors (Lipinski definition) is 0. The van der Waals surface area contributed by atoms with Crippen LogP contribution in [0.5, 0.6) is 0 Å². The summed E-state index contributed by atoms with van der Waals surface area (Å²) in [5.74, 6) is 0. The summed E-state index contributed by atoms with van der Waals surface area (Å²) in [5, 5.41) is 0. The van der Waals surface area contributed by atoms with E-state index in [1.54, 1.807) is 0 Å². The highest BCUT2D eigenvalue weighted by atomic mass is 14.2. The zero-order valence-corrected chi connectivity index (χ0v) is 6.33. The van der Waals surface area contributed by atoms with Crippen LogP contribution in [0.1, 0.15) is 40.0 Å². The Labute approximate surface area is 53.3 Å². The van der Waals surface area contributed by atoms with E-state index in [2.05, 4.69) is 27.7 Å². The van der Waals surface area contributed by atoms with Crippen LogP contribution in [-0.2, 0) is 0 Å². The third kappa shape index (κ3) is 3.06. The molecule has 0 saturated heterocycles. The van der Waals surface area contributed by atoms with Gasteiger partial charge in [-0.05, 0) is 18.8 Å². The van der Waals surface area contributed by atoms with Gasteiger partial charge in [-0.3, -0.25) is 0 Å². The van der Waals surface area contributed by atoms with Crippen LogP contribution >= 0.6 is 0 Å². The van der Waals surface area contributed by atoms with Crippen LogP contribution in [0.15, 0.2) is 0 Å². The van der Waals surface area contributed by atoms with Gasteiger partial charge >= 0.3 is 0 Å². The lowest BCUT2D eigenvalue weighted by Crippen LogP contribution is -2.08. The van der Waals surface area contributed by atoms with Gasteiger partial charge in [0.15, 0.2) is 0 Å². The molecule has 0 aliphatic rings. The first kappa shape index (κ1) is 8.00. The minimum absolute atomic E-state index is 0.342. The molecular formula is C8H17. The molecule has 0 rings (SSSR count). The Morgan fingerprint density at radius 1 is 1.38 bits per heavy atom. The predicted octanol–water partition coefficient (Wildman–Crippen LogP) is 3.04. The van der Waals surface area contributed by atoms with Crippen molar-refractivity contribution < 1.29 is 0 Å². The third-order valence-corrected chi connectivity index (χ3v) is 1.71. The summed E-state index contributed by atoms with van der Waals surface area (Å²) in [6, 6.07) is 0. The van der Waals surface area contributed by atoms with Crippen molar-refractivity contribution in [2.75, 3.05) is 0 Å². The highest BCUT2D eigenvalue weighted by Gasteiger charge is 2.12. The molecule has 0 aliphatic carbocycles. The summed E-state index contributed by atoms with van der Waals surface area (Å²) < 4.78 is 0. The lowest BCUT2D eigenvalue weighted by Gasteiger charge is -2.20. The molecule has 0 aromatic rings. The Morgan fingerprint density at radius 2 is 1.88 bits per heavy atom. The van der Waals surface area contributed by atoms with Crippen LogP contribution in [0.3, 0.4) is 0 Å². The van der Waals surface area contributed by atoms with E-state index in [0.717, 1.165) is 0 Å². The first-order valence-electron chi connectivity index (χ1n) is 3.47. The van der Waals surface area contributed by atoms with Crippen molar-refractivity contribution in [3.63, 3.8) is 0 Å². The zero-order chi connectivity index (χ0) is 6.62. The topological polar surface area (TPSA) is 0 Å². The van der Waals surface area contributed by atoms with Crippen molar-refractivity contribution in [1.82, 2.24) is 0 Å². The van der Waals surface area contributed by atoms with E-state index < -0.39 is 0 Å². The average Bonchev–Trinajstić information content (AvgIpc) is 1.67. The molecule has 0 aliphatic heterocycles. The molecule has 0 aromatic carbocycles. The highest BCUT2D eigenvalue weighted by molar-refractivity contribution is 4.73. The minimum Gasteiger partial charge on any atom is -0.0654 e. The van der Waals surface area contributed by atoms with Gasteiger partial charge in [-0.2, -0.15) is 0 Å². The molecule has 0 N–H and O–H groups in total. The largest absolute Gasteiger partial charge is 0.0654 e. The Bertz CT molecular complexity index is 53.1. The van der Waals surface area contributed by atoms with Gasteiger partial charge in [0.1, 0.15) is 0 Å². The van der Waals surface area contributed by atoms with Crippen molar-refractivity contribution in [2.24, 2.45) is 5.41 Å². The van der Waals surface area contributed by atoms with Crippen LogP contribution in [0, 0.1) is 12.3 Å². The molecule has 49 valence electrons. The van der Waals surface area contributed by atoms with Crippen LogP contribution in [0.25, 0.3) is 0 Å². The summed E-state index contributed by atoms with van der Waals surface area (Å²) in [7, 11) is 0. The van der Waals surface area contributed by atoms with Crippen molar-refractivity contribution in [3.05, 3.63) is 6.92 Å². The van der Waals surface area contributed by atoms with Gasteiger partial charge in [0.2, 0.25) is 0 Å². The summed E-state index contributed by atoms with van der Waals surface area (Å²) in [4.78, 5) is 0. The fourth-order valence-corrected chi connectivity index (χ4v) is 0.780. The lowest BCUT2D eigenvalue weighted by molar-refractivity contribution is 0.368. The summed E-state index contributed by atoms with van der Waals surface area (Å²) in [6.45, 7) is 10.7. The lowest BCUT2D eigenvalue weighted by atomic mass is 9.86. The molecule has 0 amide bonds. The van der Waals surface area contributed by atoms with Gasteiger partial charge in [-0.1, -0.05) is 33.6 Å². The van der Waals surface area contributed by atoms with Crippen molar-refractivity contribution in [1.29, 1.82) is 0 Å². The quantitative estimate of drug-likeness (QED) is 0.527. The molecule has 0 bridgehead atoms. The fourth-order valence-electron chi connectivity index (χ4n) is 0.780. The van der Waals surface area contributed by atoms with Gasteiger partial charge in [0.05, 0.1) is 0 Å². The highest BCUT2D eigenvalue weighted by Crippen LogP contribution is 2.24. The molecule has 0 nitrogen and oxygen atoms in total. The maximum atomic E-state index is 4.08. The molecule has 0 heteroatoms. The fraction of sp³-hybridized carbons (Fsp3) is 0.875. The average molecular weight is 113 g/mol. The van der Waals surface area contributed by atoms with E-state index in [1.807, 2.05) is 0 Å². The van der Waals surface area contributed by atoms with Gasteiger partial charge < -0.3 is 0 Å². The molecular weight excluding hydrogens is 96.1 g/mol. The molecule has 1 atom stereocenters. The number of rotatable bonds is 3. The van der Waals surface area contributed by atoms with Crippen LogP contribution in [0.4, 0.5) is 0 Å². The molecule has 0 aromatic heterocycles. The maximum absolute atomic E-state index is 4.08. The summed E-state index contributed by atoms with van der Waals surface area (Å²) in [5.41, 5.74) is 0.342. The molecule has 0 heterocycles. The second kappa shape index (κ2) is 3.11.